The number of halogens is 2. The van der Waals surface area contributed by atoms with Crippen LogP contribution >= 0.6 is 27.5 Å². The fourth-order valence-corrected chi connectivity index (χ4v) is 1.11. The van der Waals surface area contributed by atoms with Gasteiger partial charge in [0.05, 0.1) is 5.02 Å². The second-order valence-corrected chi connectivity index (χ2v) is 3.12. The highest BCUT2D eigenvalue weighted by Gasteiger charge is 1.96. The zero-order chi connectivity index (χ0) is 7.56. The Morgan fingerprint density at radius 2 is 2.40 bits per heavy atom. The molecule has 1 rings (SSSR count). The van der Waals surface area contributed by atoms with Crippen LogP contribution in [-0.2, 0) is 6.54 Å². The Balaban J connectivity index is 3.04. The molecule has 3 heteroatoms. The fraction of sp³-hybridized carbons (Fsp3) is 0.143. The standard InChI is InChI=1S/C7H6BrClN/c8-6-3-5(4-10)1-2-7(6)9/h2-3H,4,10H2. The van der Waals surface area contributed by atoms with E-state index in [1.807, 2.05) is 6.07 Å². The van der Waals surface area contributed by atoms with E-state index in [2.05, 4.69) is 22.0 Å². The average Bonchev–Trinajstić information content (AvgIpc) is 1.95. The summed E-state index contributed by atoms with van der Waals surface area (Å²) in [6, 6.07) is 6.51. The van der Waals surface area contributed by atoms with E-state index in [4.69, 9.17) is 17.3 Å². The van der Waals surface area contributed by atoms with Crippen LogP contribution in [0.3, 0.4) is 0 Å². The van der Waals surface area contributed by atoms with Crippen molar-refractivity contribution in [2.45, 2.75) is 6.54 Å². The minimum atomic E-state index is 0.496. The van der Waals surface area contributed by atoms with Gasteiger partial charge in [-0.25, -0.2) is 0 Å². The van der Waals surface area contributed by atoms with Gasteiger partial charge in [0.2, 0.25) is 0 Å². The van der Waals surface area contributed by atoms with E-state index in [1.165, 1.54) is 0 Å². The average molecular weight is 219 g/mol. The monoisotopic (exact) mass is 218 g/mol. The molecule has 10 heavy (non-hydrogen) atoms. The van der Waals surface area contributed by atoms with Crippen molar-refractivity contribution in [3.8, 4) is 0 Å². The SMILES string of the molecule is NCc1[c]cc(Cl)c(Br)c1. The Labute approximate surface area is 73.3 Å². The molecule has 2 N–H and O–H groups in total. The first-order valence-electron chi connectivity index (χ1n) is 2.79. The van der Waals surface area contributed by atoms with Gasteiger partial charge in [-0.1, -0.05) is 11.6 Å². The first-order valence-corrected chi connectivity index (χ1v) is 3.97. The number of hydrogen-bond acceptors (Lipinski definition) is 1. The Morgan fingerprint density at radius 3 is 2.90 bits per heavy atom. The molecule has 0 saturated heterocycles. The zero-order valence-electron chi connectivity index (χ0n) is 5.20. The lowest BCUT2D eigenvalue weighted by Gasteiger charge is -1.97. The molecule has 0 aromatic heterocycles. The molecule has 0 amide bonds. The summed E-state index contributed by atoms with van der Waals surface area (Å²) in [6.45, 7) is 0.496. The molecule has 0 unspecified atom stereocenters. The molecule has 0 atom stereocenters. The van der Waals surface area contributed by atoms with Crippen LogP contribution in [0.5, 0.6) is 0 Å². The van der Waals surface area contributed by atoms with E-state index in [9.17, 15) is 0 Å². The summed E-state index contributed by atoms with van der Waals surface area (Å²) in [5.74, 6) is 0. The highest BCUT2D eigenvalue weighted by molar-refractivity contribution is 9.10. The Kier molecular flexibility index (Phi) is 2.72. The van der Waals surface area contributed by atoms with Gasteiger partial charge in [-0.05, 0) is 39.7 Å². The van der Waals surface area contributed by atoms with Crippen LogP contribution in [0.2, 0.25) is 5.02 Å². The molecule has 1 radical (unpaired) electrons. The first kappa shape index (κ1) is 8.05. The molecule has 0 aliphatic heterocycles. The molecule has 1 nitrogen and oxygen atoms in total. The van der Waals surface area contributed by atoms with Crippen molar-refractivity contribution in [2.75, 3.05) is 0 Å². The predicted molar refractivity (Wildman–Crippen MR) is 45.9 cm³/mol. The van der Waals surface area contributed by atoms with Gasteiger partial charge < -0.3 is 5.73 Å². The maximum Gasteiger partial charge on any atom is 0.0554 e. The quantitative estimate of drug-likeness (QED) is 0.771. The van der Waals surface area contributed by atoms with Gasteiger partial charge in [0.25, 0.3) is 0 Å². The molecule has 0 spiro atoms. The number of benzene rings is 1. The van der Waals surface area contributed by atoms with Gasteiger partial charge in [-0.2, -0.15) is 0 Å². The van der Waals surface area contributed by atoms with E-state index in [0.717, 1.165) is 10.0 Å². The Bertz CT molecular complexity index is 237. The molecule has 0 saturated carbocycles. The summed E-state index contributed by atoms with van der Waals surface area (Å²) in [6.07, 6.45) is 0. The summed E-state index contributed by atoms with van der Waals surface area (Å²) >= 11 is 9.00. The third-order valence-corrected chi connectivity index (χ3v) is 2.33. The van der Waals surface area contributed by atoms with Crippen LogP contribution in [0.4, 0.5) is 0 Å². The van der Waals surface area contributed by atoms with E-state index < -0.39 is 0 Å². The van der Waals surface area contributed by atoms with E-state index in [-0.39, 0.29) is 0 Å². The van der Waals surface area contributed by atoms with Gasteiger partial charge in [0, 0.05) is 11.0 Å². The molecule has 0 bridgehead atoms. The number of nitrogens with two attached hydrogens (primary N) is 1. The predicted octanol–water partition coefficient (Wildman–Crippen LogP) is 2.36. The van der Waals surface area contributed by atoms with E-state index in [0.29, 0.717) is 11.6 Å². The third kappa shape index (κ3) is 1.72. The third-order valence-electron chi connectivity index (χ3n) is 1.13. The van der Waals surface area contributed by atoms with Crippen molar-refractivity contribution in [3.63, 3.8) is 0 Å². The number of rotatable bonds is 1. The molecule has 1 aromatic rings. The normalized spacial score (nSPS) is 9.90. The van der Waals surface area contributed by atoms with Crippen LogP contribution in [0.25, 0.3) is 0 Å². The van der Waals surface area contributed by atoms with Gasteiger partial charge in [-0.15, -0.1) is 0 Å². The lowest BCUT2D eigenvalue weighted by atomic mass is 10.2. The van der Waals surface area contributed by atoms with Crippen molar-refractivity contribution in [1.82, 2.24) is 0 Å². The van der Waals surface area contributed by atoms with Crippen LogP contribution in [0.1, 0.15) is 5.56 Å². The van der Waals surface area contributed by atoms with Crippen molar-refractivity contribution in [1.29, 1.82) is 0 Å². The first-order chi connectivity index (χ1) is 4.74. The van der Waals surface area contributed by atoms with Crippen molar-refractivity contribution < 1.29 is 0 Å². The van der Waals surface area contributed by atoms with Crippen LogP contribution in [0, 0.1) is 6.07 Å². The molecule has 0 aliphatic rings. The lowest BCUT2D eigenvalue weighted by molar-refractivity contribution is 1.07. The van der Waals surface area contributed by atoms with Crippen molar-refractivity contribution in [3.05, 3.63) is 33.3 Å². The topological polar surface area (TPSA) is 26.0 Å². The van der Waals surface area contributed by atoms with Crippen LogP contribution in [-0.4, -0.2) is 0 Å². The van der Waals surface area contributed by atoms with Gasteiger partial charge in [0.1, 0.15) is 0 Å². The second kappa shape index (κ2) is 3.37. The highest BCUT2D eigenvalue weighted by atomic mass is 79.9. The smallest absolute Gasteiger partial charge is 0.0554 e. The maximum absolute atomic E-state index is 5.72. The minimum Gasteiger partial charge on any atom is -0.326 e. The fourth-order valence-electron chi connectivity index (χ4n) is 0.606. The summed E-state index contributed by atoms with van der Waals surface area (Å²) in [5.41, 5.74) is 6.33. The number of hydrogen-bond donors (Lipinski definition) is 1. The van der Waals surface area contributed by atoms with Crippen LogP contribution in [0.15, 0.2) is 16.6 Å². The molecule has 0 fully saturated rings. The van der Waals surface area contributed by atoms with Crippen LogP contribution < -0.4 is 5.73 Å². The summed E-state index contributed by atoms with van der Waals surface area (Å²) in [7, 11) is 0. The van der Waals surface area contributed by atoms with Gasteiger partial charge >= 0.3 is 0 Å². The summed E-state index contributed by atoms with van der Waals surface area (Å²) in [5, 5.41) is 0.664. The van der Waals surface area contributed by atoms with Crippen molar-refractivity contribution in [2.24, 2.45) is 5.73 Å². The molecule has 0 heterocycles. The van der Waals surface area contributed by atoms with E-state index >= 15 is 0 Å². The minimum absolute atomic E-state index is 0.496. The van der Waals surface area contributed by atoms with Crippen molar-refractivity contribution >= 4 is 27.5 Å². The molecule has 1 aromatic carbocycles. The van der Waals surface area contributed by atoms with E-state index in [1.54, 1.807) is 6.07 Å². The van der Waals surface area contributed by atoms with Gasteiger partial charge in [-0.3, -0.25) is 0 Å². The molecule has 0 aliphatic carbocycles. The summed E-state index contributed by atoms with van der Waals surface area (Å²) < 4.78 is 0.869. The molecule has 53 valence electrons. The second-order valence-electron chi connectivity index (χ2n) is 1.86. The highest BCUT2D eigenvalue weighted by Crippen LogP contribution is 2.22. The maximum atomic E-state index is 5.72. The zero-order valence-corrected chi connectivity index (χ0v) is 7.54. The molecular formula is C7H6BrClN. The Morgan fingerprint density at radius 1 is 1.70 bits per heavy atom. The largest absolute Gasteiger partial charge is 0.326 e. The molecular weight excluding hydrogens is 213 g/mol. The summed E-state index contributed by atoms with van der Waals surface area (Å²) in [4.78, 5) is 0. The lowest BCUT2D eigenvalue weighted by Crippen LogP contribution is -1.95. The van der Waals surface area contributed by atoms with Gasteiger partial charge in [0.15, 0.2) is 0 Å². The Hall–Kier alpha value is -0.0500.